The van der Waals surface area contributed by atoms with Crippen LogP contribution >= 0.6 is 0 Å². The lowest BCUT2D eigenvalue weighted by Gasteiger charge is -2.22. The van der Waals surface area contributed by atoms with Crippen LogP contribution < -0.4 is 10.5 Å². The third-order valence-corrected chi connectivity index (χ3v) is 3.37. The molecule has 0 aliphatic carbocycles. The Bertz CT molecular complexity index is 360. The molecule has 0 unspecified atom stereocenters. The molecule has 1 rings (SSSR count). The van der Waals surface area contributed by atoms with Crippen molar-refractivity contribution in [1.82, 2.24) is 0 Å². The topological polar surface area (TPSA) is 35.2 Å². The minimum atomic E-state index is 0.224. The Balaban J connectivity index is 2.80. The number of rotatable bonds is 5. The van der Waals surface area contributed by atoms with Crippen LogP contribution in [0.1, 0.15) is 37.0 Å². The highest BCUT2D eigenvalue weighted by atomic mass is 16.5. The molecule has 2 N–H and O–H groups in total. The van der Waals surface area contributed by atoms with E-state index >= 15 is 0 Å². The van der Waals surface area contributed by atoms with E-state index in [0.717, 1.165) is 25.1 Å². The molecule has 2 heteroatoms. The monoisotopic (exact) mass is 235 g/mol. The molecule has 0 saturated heterocycles. The zero-order valence-electron chi connectivity index (χ0n) is 11.8. The number of nitrogens with two attached hydrogens (primary N) is 1. The van der Waals surface area contributed by atoms with E-state index < -0.39 is 0 Å². The van der Waals surface area contributed by atoms with Gasteiger partial charge in [0.05, 0.1) is 7.11 Å². The van der Waals surface area contributed by atoms with E-state index in [0.29, 0.717) is 0 Å². The predicted octanol–water partition coefficient (Wildman–Crippen LogP) is 3.23. The van der Waals surface area contributed by atoms with Gasteiger partial charge in [-0.05, 0) is 55.3 Å². The highest BCUT2D eigenvalue weighted by molar-refractivity contribution is 5.43. The lowest BCUT2D eigenvalue weighted by atomic mass is 9.86. The van der Waals surface area contributed by atoms with E-state index in [1.165, 1.54) is 16.7 Å². The molecule has 0 radical (unpaired) electrons. The Morgan fingerprint density at radius 3 is 2.12 bits per heavy atom. The average Bonchev–Trinajstić information content (AvgIpc) is 2.26. The van der Waals surface area contributed by atoms with Crippen molar-refractivity contribution in [3.05, 3.63) is 28.8 Å². The lowest BCUT2D eigenvalue weighted by molar-refractivity contribution is 0.347. The van der Waals surface area contributed by atoms with Crippen LogP contribution in [0.3, 0.4) is 0 Å². The van der Waals surface area contributed by atoms with Crippen LogP contribution in [0, 0.1) is 19.3 Å². The molecule has 1 aromatic rings. The largest absolute Gasteiger partial charge is 0.496 e. The van der Waals surface area contributed by atoms with E-state index in [1.54, 1.807) is 7.11 Å². The summed E-state index contributed by atoms with van der Waals surface area (Å²) in [6.45, 7) is 9.38. The van der Waals surface area contributed by atoms with E-state index in [-0.39, 0.29) is 5.41 Å². The van der Waals surface area contributed by atoms with Gasteiger partial charge in [-0.15, -0.1) is 0 Å². The van der Waals surface area contributed by atoms with Gasteiger partial charge >= 0.3 is 0 Å². The fraction of sp³-hybridized carbons (Fsp3) is 0.600. The maximum absolute atomic E-state index is 5.76. The van der Waals surface area contributed by atoms with Gasteiger partial charge in [0.15, 0.2) is 0 Å². The summed E-state index contributed by atoms with van der Waals surface area (Å²) < 4.78 is 5.38. The van der Waals surface area contributed by atoms with E-state index in [4.69, 9.17) is 10.5 Å². The van der Waals surface area contributed by atoms with Gasteiger partial charge in [-0.3, -0.25) is 0 Å². The summed E-state index contributed by atoms with van der Waals surface area (Å²) in [4.78, 5) is 0. The standard InChI is InChI=1S/C15H25NO/c1-11-8-13(6-7-15(3,4)10-16)9-12(2)14(11)17-5/h8-9H,6-7,10,16H2,1-5H3. The van der Waals surface area contributed by atoms with Crippen LogP contribution in [-0.4, -0.2) is 13.7 Å². The molecular weight excluding hydrogens is 210 g/mol. The summed E-state index contributed by atoms with van der Waals surface area (Å²) in [6.07, 6.45) is 2.20. The van der Waals surface area contributed by atoms with Gasteiger partial charge in [-0.25, -0.2) is 0 Å². The van der Waals surface area contributed by atoms with E-state index in [1.807, 2.05) is 0 Å². The highest BCUT2D eigenvalue weighted by Gasteiger charge is 2.15. The van der Waals surface area contributed by atoms with Crippen molar-refractivity contribution in [2.75, 3.05) is 13.7 Å². The summed E-state index contributed by atoms with van der Waals surface area (Å²) in [5, 5.41) is 0. The molecule has 0 heterocycles. The molecule has 17 heavy (non-hydrogen) atoms. The maximum Gasteiger partial charge on any atom is 0.124 e. The molecule has 0 aliphatic rings. The van der Waals surface area contributed by atoms with Crippen molar-refractivity contribution in [3.8, 4) is 5.75 Å². The number of methoxy groups -OCH3 is 1. The molecule has 0 spiro atoms. The number of ether oxygens (including phenoxy) is 1. The average molecular weight is 235 g/mol. The van der Waals surface area contributed by atoms with Gasteiger partial charge in [0.25, 0.3) is 0 Å². The quantitative estimate of drug-likeness (QED) is 0.850. The van der Waals surface area contributed by atoms with Crippen molar-refractivity contribution in [1.29, 1.82) is 0 Å². The minimum Gasteiger partial charge on any atom is -0.496 e. The van der Waals surface area contributed by atoms with Crippen LogP contribution in [0.25, 0.3) is 0 Å². The predicted molar refractivity (Wildman–Crippen MR) is 73.6 cm³/mol. The summed E-state index contributed by atoms with van der Waals surface area (Å²) in [7, 11) is 1.73. The van der Waals surface area contributed by atoms with Crippen molar-refractivity contribution in [2.24, 2.45) is 11.1 Å². The normalized spacial score (nSPS) is 11.6. The molecule has 0 atom stereocenters. The van der Waals surface area contributed by atoms with Crippen molar-refractivity contribution < 1.29 is 4.74 Å². The van der Waals surface area contributed by atoms with Crippen LogP contribution in [0.4, 0.5) is 0 Å². The van der Waals surface area contributed by atoms with Gasteiger partial charge in [0.1, 0.15) is 5.75 Å². The highest BCUT2D eigenvalue weighted by Crippen LogP contribution is 2.27. The molecular formula is C15H25NO. The number of hydrogen-bond donors (Lipinski definition) is 1. The fourth-order valence-electron chi connectivity index (χ4n) is 2.09. The van der Waals surface area contributed by atoms with Gasteiger partial charge < -0.3 is 10.5 Å². The smallest absolute Gasteiger partial charge is 0.124 e. The fourth-order valence-corrected chi connectivity index (χ4v) is 2.09. The lowest BCUT2D eigenvalue weighted by Crippen LogP contribution is -2.24. The Morgan fingerprint density at radius 1 is 1.18 bits per heavy atom. The minimum absolute atomic E-state index is 0.224. The number of aryl methyl sites for hydroxylation is 3. The second kappa shape index (κ2) is 5.54. The van der Waals surface area contributed by atoms with Crippen LogP contribution in [-0.2, 0) is 6.42 Å². The third-order valence-electron chi connectivity index (χ3n) is 3.37. The molecule has 0 bridgehead atoms. The van der Waals surface area contributed by atoms with Gasteiger partial charge in [0, 0.05) is 0 Å². The zero-order valence-corrected chi connectivity index (χ0v) is 11.8. The SMILES string of the molecule is COc1c(C)cc(CCC(C)(C)CN)cc1C. The summed E-state index contributed by atoms with van der Waals surface area (Å²) in [5.74, 6) is 1.01. The van der Waals surface area contributed by atoms with Crippen molar-refractivity contribution >= 4 is 0 Å². The molecule has 0 fully saturated rings. The van der Waals surface area contributed by atoms with Crippen LogP contribution in [0.15, 0.2) is 12.1 Å². The maximum atomic E-state index is 5.76. The van der Waals surface area contributed by atoms with Crippen LogP contribution in [0.2, 0.25) is 0 Å². The first-order chi connectivity index (χ1) is 7.89. The molecule has 2 nitrogen and oxygen atoms in total. The Kier molecular flexibility index (Phi) is 4.58. The first-order valence-corrected chi connectivity index (χ1v) is 6.24. The summed E-state index contributed by atoms with van der Waals surface area (Å²) >= 11 is 0. The van der Waals surface area contributed by atoms with Crippen molar-refractivity contribution in [3.63, 3.8) is 0 Å². The Morgan fingerprint density at radius 2 is 1.71 bits per heavy atom. The molecule has 0 saturated carbocycles. The van der Waals surface area contributed by atoms with Crippen molar-refractivity contribution in [2.45, 2.75) is 40.5 Å². The molecule has 1 aromatic carbocycles. The molecule has 96 valence electrons. The third kappa shape index (κ3) is 3.74. The number of benzene rings is 1. The Labute approximate surface area is 105 Å². The van der Waals surface area contributed by atoms with Gasteiger partial charge in [-0.1, -0.05) is 26.0 Å². The second-order valence-electron chi connectivity index (χ2n) is 5.63. The Hall–Kier alpha value is -1.02. The second-order valence-corrected chi connectivity index (χ2v) is 5.63. The number of hydrogen-bond acceptors (Lipinski definition) is 2. The first-order valence-electron chi connectivity index (χ1n) is 6.24. The van der Waals surface area contributed by atoms with E-state index in [2.05, 4.69) is 39.8 Å². The van der Waals surface area contributed by atoms with E-state index in [9.17, 15) is 0 Å². The molecule has 0 amide bonds. The van der Waals surface area contributed by atoms with Crippen LogP contribution in [0.5, 0.6) is 5.75 Å². The first kappa shape index (κ1) is 14.0. The molecule has 0 aliphatic heterocycles. The zero-order chi connectivity index (χ0) is 13.1. The summed E-state index contributed by atoms with van der Waals surface area (Å²) in [6, 6.07) is 4.44. The van der Waals surface area contributed by atoms with Gasteiger partial charge in [-0.2, -0.15) is 0 Å². The summed E-state index contributed by atoms with van der Waals surface area (Å²) in [5.41, 5.74) is 9.79. The molecule has 0 aromatic heterocycles. The van der Waals surface area contributed by atoms with Gasteiger partial charge in [0.2, 0.25) is 0 Å².